The van der Waals surface area contributed by atoms with Gasteiger partial charge < -0.3 is 5.11 Å². The lowest BCUT2D eigenvalue weighted by Crippen LogP contribution is -2.17. The molecule has 1 aromatic carbocycles. The van der Waals surface area contributed by atoms with Gasteiger partial charge in [-0.05, 0) is 48.2 Å². The highest BCUT2D eigenvalue weighted by Gasteiger charge is 2.34. The Morgan fingerprint density at radius 1 is 1.20 bits per heavy atom. The van der Waals surface area contributed by atoms with Gasteiger partial charge in [-0.1, -0.05) is 49.4 Å². The minimum absolute atomic E-state index is 0.374. The third kappa shape index (κ3) is 2.55. The number of allylic oxidation sites excluding steroid dienone is 2. The van der Waals surface area contributed by atoms with Crippen LogP contribution in [0.15, 0.2) is 53.6 Å². The summed E-state index contributed by atoms with van der Waals surface area (Å²) in [6.07, 6.45) is 7.34. The molecule has 0 heterocycles. The maximum Gasteiger partial charge on any atom is 0.335 e. The van der Waals surface area contributed by atoms with Crippen LogP contribution in [-0.4, -0.2) is 11.1 Å². The largest absolute Gasteiger partial charge is 0.478 e. The lowest BCUT2D eigenvalue weighted by atomic mass is 9.80. The summed E-state index contributed by atoms with van der Waals surface area (Å²) in [4.78, 5) is 11.4. The first-order valence-electron chi connectivity index (χ1n) is 7.34. The minimum Gasteiger partial charge on any atom is -0.478 e. The van der Waals surface area contributed by atoms with Gasteiger partial charge in [-0.2, -0.15) is 0 Å². The molecule has 0 saturated carbocycles. The highest BCUT2D eigenvalue weighted by Crippen LogP contribution is 2.43. The summed E-state index contributed by atoms with van der Waals surface area (Å²) in [7, 11) is 0. The van der Waals surface area contributed by atoms with Gasteiger partial charge in [0, 0.05) is 0 Å². The summed E-state index contributed by atoms with van der Waals surface area (Å²) in [5.74, 6) is 0.521. The zero-order valence-corrected chi connectivity index (χ0v) is 11.8. The lowest BCUT2D eigenvalue weighted by Gasteiger charge is -2.24. The van der Waals surface area contributed by atoms with Crippen LogP contribution < -0.4 is 0 Å². The molecule has 1 N–H and O–H groups in total. The molecule has 20 heavy (non-hydrogen) atoms. The topological polar surface area (TPSA) is 37.3 Å². The average molecular weight is 268 g/mol. The number of carboxylic acid groups (broad SMARTS) is 1. The molecule has 3 unspecified atom stereocenters. The van der Waals surface area contributed by atoms with Crippen LogP contribution in [0.5, 0.6) is 0 Å². The minimum atomic E-state index is -0.770. The Morgan fingerprint density at radius 3 is 2.65 bits per heavy atom. The van der Waals surface area contributed by atoms with Crippen molar-refractivity contribution >= 4 is 5.97 Å². The van der Waals surface area contributed by atoms with Crippen LogP contribution in [0.2, 0.25) is 0 Å². The fraction of sp³-hybridized carbons (Fsp3) is 0.389. The molecule has 2 aliphatic carbocycles. The summed E-state index contributed by atoms with van der Waals surface area (Å²) >= 11 is 0. The second-order valence-corrected chi connectivity index (χ2v) is 6.10. The van der Waals surface area contributed by atoms with Gasteiger partial charge in [0.25, 0.3) is 0 Å². The number of carboxylic acids is 1. The predicted molar refractivity (Wildman–Crippen MR) is 79.3 cm³/mol. The maximum atomic E-state index is 11.4. The Kier molecular flexibility index (Phi) is 3.47. The molecule has 0 spiro atoms. The summed E-state index contributed by atoms with van der Waals surface area (Å²) in [6, 6.07) is 10.5. The Balaban J connectivity index is 1.80. The van der Waals surface area contributed by atoms with Crippen LogP contribution in [0.4, 0.5) is 0 Å². The van der Waals surface area contributed by atoms with Gasteiger partial charge in [0.1, 0.15) is 0 Å². The Morgan fingerprint density at radius 2 is 1.95 bits per heavy atom. The Bertz CT molecular complexity index is 568. The number of aliphatic carboxylic acids is 1. The van der Waals surface area contributed by atoms with E-state index in [2.05, 4.69) is 37.3 Å². The quantitative estimate of drug-likeness (QED) is 0.904. The molecule has 104 valence electrons. The van der Waals surface area contributed by atoms with Gasteiger partial charge in [-0.15, -0.1) is 0 Å². The van der Waals surface area contributed by atoms with Crippen molar-refractivity contribution in [3.05, 3.63) is 59.2 Å². The molecule has 2 nitrogen and oxygen atoms in total. The van der Waals surface area contributed by atoms with Gasteiger partial charge in [-0.25, -0.2) is 4.79 Å². The molecule has 0 saturated heterocycles. The normalized spacial score (nSPS) is 28.6. The molecular weight excluding hydrogens is 248 g/mol. The number of carbonyl (C=O) groups is 1. The van der Waals surface area contributed by atoms with Crippen molar-refractivity contribution < 1.29 is 9.90 Å². The van der Waals surface area contributed by atoms with Crippen molar-refractivity contribution in [2.75, 3.05) is 0 Å². The van der Waals surface area contributed by atoms with E-state index in [1.165, 1.54) is 5.56 Å². The third-order valence-corrected chi connectivity index (χ3v) is 4.43. The Labute approximate surface area is 119 Å². The van der Waals surface area contributed by atoms with E-state index in [0.29, 0.717) is 23.3 Å². The number of rotatable bonds is 3. The van der Waals surface area contributed by atoms with E-state index < -0.39 is 5.97 Å². The molecular formula is C18H20O2. The molecule has 0 amide bonds. The van der Waals surface area contributed by atoms with E-state index in [4.69, 9.17) is 0 Å². The fourth-order valence-corrected chi connectivity index (χ4v) is 3.63. The van der Waals surface area contributed by atoms with E-state index in [1.807, 2.05) is 12.1 Å². The number of hydrogen-bond acceptors (Lipinski definition) is 1. The van der Waals surface area contributed by atoms with Crippen molar-refractivity contribution in [2.45, 2.75) is 26.2 Å². The summed E-state index contributed by atoms with van der Waals surface area (Å²) in [5.41, 5.74) is 2.96. The van der Waals surface area contributed by atoms with Crippen LogP contribution >= 0.6 is 0 Å². The van der Waals surface area contributed by atoms with E-state index in [9.17, 15) is 9.90 Å². The molecule has 2 aliphatic rings. The molecule has 0 aromatic heterocycles. The Hall–Kier alpha value is -1.83. The maximum absolute atomic E-state index is 11.4. The summed E-state index contributed by atoms with van der Waals surface area (Å²) in [5, 5.41) is 9.37. The SMILES string of the molecule is CC1C=C(C(=O)O)C2=CC(Cc3ccccc3)CC2C1. The molecule has 0 bridgehead atoms. The smallest absolute Gasteiger partial charge is 0.335 e. The molecule has 2 heteroatoms. The van der Waals surface area contributed by atoms with Gasteiger partial charge in [0.2, 0.25) is 0 Å². The van der Waals surface area contributed by atoms with Crippen molar-refractivity contribution in [1.29, 1.82) is 0 Å². The fourth-order valence-electron chi connectivity index (χ4n) is 3.63. The summed E-state index contributed by atoms with van der Waals surface area (Å²) in [6.45, 7) is 2.12. The molecule has 3 rings (SSSR count). The molecule has 0 fully saturated rings. The van der Waals surface area contributed by atoms with Crippen molar-refractivity contribution in [2.24, 2.45) is 17.8 Å². The first-order chi connectivity index (χ1) is 9.63. The predicted octanol–water partition coefficient (Wildman–Crippen LogP) is 3.84. The van der Waals surface area contributed by atoms with Gasteiger partial charge >= 0.3 is 5.97 Å². The molecule has 0 radical (unpaired) electrons. The second kappa shape index (κ2) is 5.28. The molecule has 1 aromatic rings. The van der Waals surface area contributed by atoms with Crippen LogP contribution in [-0.2, 0) is 11.2 Å². The van der Waals surface area contributed by atoms with Crippen LogP contribution in [0.25, 0.3) is 0 Å². The van der Waals surface area contributed by atoms with E-state index >= 15 is 0 Å². The first-order valence-corrected chi connectivity index (χ1v) is 7.34. The zero-order valence-electron chi connectivity index (χ0n) is 11.8. The highest BCUT2D eigenvalue weighted by atomic mass is 16.4. The highest BCUT2D eigenvalue weighted by molar-refractivity contribution is 5.92. The molecule has 3 atom stereocenters. The van der Waals surface area contributed by atoms with E-state index in [0.717, 1.165) is 24.8 Å². The standard InChI is InChI=1S/C18H20O2/c1-12-7-15-10-14(9-13-5-3-2-4-6-13)11-16(15)17(8-12)18(19)20/h2-6,8,11-12,14-15H,7,9-10H2,1H3,(H,19,20). The van der Waals surface area contributed by atoms with Crippen molar-refractivity contribution in [3.63, 3.8) is 0 Å². The molecule has 0 aliphatic heterocycles. The van der Waals surface area contributed by atoms with Crippen LogP contribution in [0, 0.1) is 17.8 Å². The summed E-state index contributed by atoms with van der Waals surface area (Å²) < 4.78 is 0. The van der Waals surface area contributed by atoms with E-state index in [1.54, 1.807) is 0 Å². The third-order valence-electron chi connectivity index (χ3n) is 4.43. The average Bonchev–Trinajstić information content (AvgIpc) is 2.80. The van der Waals surface area contributed by atoms with Gasteiger partial charge in [0.15, 0.2) is 0 Å². The zero-order chi connectivity index (χ0) is 14.1. The van der Waals surface area contributed by atoms with Gasteiger partial charge in [0.05, 0.1) is 5.57 Å². The number of hydrogen-bond donors (Lipinski definition) is 1. The van der Waals surface area contributed by atoms with Gasteiger partial charge in [-0.3, -0.25) is 0 Å². The van der Waals surface area contributed by atoms with E-state index in [-0.39, 0.29) is 0 Å². The number of benzene rings is 1. The first kappa shape index (κ1) is 13.2. The van der Waals surface area contributed by atoms with Crippen LogP contribution in [0.1, 0.15) is 25.3 Å². The van der Waals surface area contributed by atoms with Crippen LogP contribution in [0.3, 0.4) is 0 Å². The van der Waals surface area contributed by atoms with Crippen molar-refractivity contribution in [3.8, 4) is 0 Å². The lowest BCUT2D eigenvalue weighted by molar-refractivity contribution is -0.132. The monoisotopic (exact) mass is 268 g/mol. The number of fused-ring (bicyclic) bond motifs is 1. The second-order valence-electron chi connectivity index (χ2n) is 6.10. The van der Waals surface area contributed by atoms with Crippen molar-refractivity contribution in [1.82, 2.24) is 0 Å².